The molecule has 1 aromatic heterocycles. The van der Waals surface area contributed by atoms with Crippen molar-refractivity contribution in [3.63, 3.8) is 0 Å². The predicted molar refractivity (Wildman–Crippen MR) is 119 cm³/mol. The first-order valence-corrected chi connectivity index (χ1v) is 11.8. The summed E-state index contributed by atoms with van der Waals surface area (Å²) in [6.07, 6.45) is 6.62. The summed E-state index contributed by atoms with van der Waals surface area (Å²) in [7, 11) is 0. The molecule has 0 atom stereocenters. The zero-order valence-corrected chi connectivity index (χ0v) is 18.5. The summed E-state index contributed by atoms with van der Waals surface area (Å²) in [6, 6.07) is 9.90. The second-order valence-electron chi connectivity index (χ2n) is 8.02. The van der Waals surface area contributed by atoms with Crippen molar-refractivity contribution in [3.05, 3.63) is 40.3 Å². The van der Waals surface area contributed by atoms with Gasteiger partial charge in [0.1, 0.15) is 18.2 Å². The highest BCUT2D eigenvalue weighted by atomic mass is 32.1. The second-order valence-corrected chi connectivity index (χ2v) is 9.08. The van der Waals surface area contributed by atoms with E-state index in [2.05, 4.69) is 20.4 Å². The molecule has 0 spiro atoms. The summed E-state index contributed by atoms with van der Waals surface area (Å²) >= 11 is 1.17. The molecule has 2 aliphatic rings. The van der Waals surface area contributed by atoms with E-state index in [1.165, 1.54) is 43.4 Å². The number of nitrogens with zero attached hydrogens (tertiary/aromatic N) is 4. The van der Waals surface area contributed by atoms with E-state index in [-0.39, 0.29) is 30.0 Å². The molecule has 31 heavy (non-hydrogen) atoms. The number of carbonyl (C=O) groups excluding carboxylic acids is 2. The molecule has 1 aliphatic carbocycles. The molecular weight excluding hydrogens is 414 g/mol. The average molecular weight is 444 g/mol. The van der Waals surface area contributed by atoms with Crippen LogP contribution in [0.25, 0.3) is 0 Å². The van der Waals surface area contributed by atoms with E-state index >= 15 is 0 Å². The SMILES string of the molecule is O=C(Nc1ccccc1)c1nnc(COCC(=O)N2CCN(C3CCCCC3)CC2)s1. The number of carbonyl (C=O) groups is 2. The van der Waals surface area contributed by atoms with Gasteiger partial charge in [-0.05, 0) is 25.0 Å². The van der Waals surface area contributed by atoms with Crippen LogP contribution in [0.15, 0.2) is 30.3 Å². The van der Waals surface area contributed by atoms with Crippen molar-refractivity contribution in [2.75, 3.05) is 38.1 Å². The van der Waals surface area contributed by atoms with Gasteiger partial charge in [-0.25, -0.2) is 0 Å². The highest BCUT2D eigenvalue weighted by molar-refractivity contribution is 7.13. The zero-order chi connectivity index (χ0) is 21.5. The van der Waals surface area contributed by atoms with Gasteiger partial charge in [0.2, 0.25) is 10.9 Å². The lowest BCUT2D eigenvalue weighted by atomic mass is 9.94. The number of amides is 2. The fourth-order valence-corrected chi connectivity index (χ4v) is 4.88. The molecular formula is C22H29N5O3S. The first-order chi connectivity index (χ1) is 15.2. The third kappa shape index (κ3) is 6.09. The highest BCUT2D eigenvalue weighted by Crippen LogP contribution is 2.23. The lowest BCUT2D eigenvalue weighted by molar-refractivity contribution is -0.138. The Kier molecular flexibility index (Phi) is 7.61. The van der Waals surface area contributed by atoms with E-state index in [9.17, 15) is 9.59 Å². The minimum absolute atomic E-state index is 0.00912. The summed E-state index contributed by atoms with van der Waals surface area (Å²) in [5, 5.41) is 11.6. The number of hydrogen-bond acceptors (Lipinski definition) is 7. The Morgan fingerprint density at radius 1 is 1.03 bits per heavy atom. The second kappa shape index (κ2) is 10.8. The van der Waals surface area contributed by atoms with Crippen LogP contribution in [0.4, 0.5) is 5.69 Å². The van der Waals surface area contributed by atoms with E-state index in [0.29, 0.717) is 16.7 Å². The van der Waals surface area contributed by atoms with Gasteiger partial charge in [-0.1, -0.05) is 48.8 Å². The van der Waals surface area contributed by atoms with Crippen LogP contribution in [-0.4, -0.2) is 70.6 Å². The van der Waals surface area contributed by atoms with Crippen molar-refractivity contribution in [3.8, 4) is 0 Å². The molecule has 9 heteroatoms. The van der Waals surface area contributed by atoms with Gasteiger partial charge in [-0.3, -0.25) is 14.5 Å². The van der Waals surface area contributed by atoms with Gasteiger partial charge in [-0.2, -0.15) is 0 Å². The molecule has 0 bridgehead atoms. The van der Waals surface area contributed by atoms with Crippen LogP contribution in [0.2, 0.25) is 0 Å². The van der Waals surface area contributed by atoms with Gasteiger partial charge in [0, 0.05) is 37.9 Å². The van der Waals surface area contributed by atoms with Crippen LogP contribution in [-0.2, 0) is 16.1 Å². The van der Waals surface area contributed by atoms with E-state index in [1.807, 2.05) is 35.2 Å². The Bertz CT molecular complexity index is 861. The maximum Gasteiger partial charge on any atom is 0.286 e. The minimum atomic E-state index is -0.304. The lowest BCUT2D eigenvalue weighted by Gasteiger charge is -2.40. The number of anilines is 1. The normalized spacial score (nSPS) is 18.1. The van der Waals surface area contributed by atoms with Crippen LogP contribution in [0.1, 0.15) is 46.9 Å². The Morgan fingerprint density at radius 2 is 1.77 bits per heavy atom. The fraction of sp³-hybridized carbons (Fsp3) is 0.545. The third-order valence-electron chi connectivity index (χ3n) is 5.90. The van der Waals surface area contributed by atoms with Crippen LogP contribution in [0.3, 0.4) is 0 Å². The van der Waals surface area contributed by atoms with Crippen molar-refractivity contribution in [1.29, 1.82) is 0 Å². The van der Waals surface area contributed by atoms with Crippen molar-refractivity contribution >= 4 is 28.8 Å². The van der Waals surface area contributed by atoms with Gasteiger partial charge in [0.25, 0.3) is 5.91 Å². The average Bonchev–Trinajstić information content (AvgIpc) is 3.29. The van der Waals surface area contributed by atoms with Crippen LogP contribution < -0.4 is 5.32 Å². The van der Waals surface area contributed by atoms with E-state index in [1.54, 1.807) is 0 Å². The lowest BCUT2D eigenvalue weighted by Crippen LogP contribution is -2.53. The van der Waals surface area contributed by atoms with Gasteiger partial charge in [0.15, 0.2) is 0 Å². The summed E-state index contributed by atoms with van der Waals surface area (Å²) in [6.45, 7) is 3.63. The number of rotatable bonds is 7. The first kappa shape index (κ1) is 21.9. The van der Waals surface area contributed by atoms with Gasteiger partial charge < -0.3 is 15.0 Å². The molecule has 1 N–H and O–H groups in total. The Morgan fingerprint density at radius 3 is 2.52 bits per heavy atom. The van der Waals surface area contributed by atoms with Crippen LogP contribution >= 0.6 is 11.3 Å². The van der Waals surface area contributed by atoms with Crippen LogP contribution in [0, 0.1) is 0 Å². The quantitative estimate of drug-likeness (QED) is 0.708. The molecule has 0 radical (unpaired) electrons. The van der Waals surface area contributed by atoms with Crippen molar-refractivity contribution in [2.24, 2.45) is 0 Å². The molecule has 1 saturated heterocycles. The number of nitrogens with one attached hydrogen (secondary N) is 1. The molecule has 2 heterocycles. The number of ether oxygens (including phenoxy) is 1. The predicted octanol–water partition coefficient (Wildman–Crippen LogP) is 2.78. The Labute approximate surface area is 186 Å². The number of para-hydroxylation sites is 1. The number of benzene rings is 1. The smallest absolute Gasteiger partial charge is 0.286 e. The Hall–Kier alpha value is -2.36. The standard InChI is InChI=1S/C22H29N5O3S/c28-20(27-13-11-26(12-14-27)18-9-5-2-6-10-18)16-30-15-19-24-25-22(31-19)21(29)23-17-7-3-1-4-8-17/h1,3-4,7-8,18H,2,5-6,9-16H2,(H,23,29). The molecule has 0 unspecified atom stereocenters. The summed E-state index contributed by atoms with van der Waals surface area (Å²) in [4.78, 5) is 29.2. The van der Waals surface area contributed by atoms with Gasteiger partial charge >= 0.3 is 0 Å². The van der Waals surface area contributed by atoms with Crippen molar-refractivity contribution < 1.29 is 14.3 Å². The molecule has 1 aromatic carbocycles. The molecule has 1 aliphatic heterocycles. The molecule has 4 rings (SSSR count). The van der Waals surface area contributed by atoms with Crippen LogP contribution in [0.5, 0.6) is 0 Å². The fourth-order valence-electron chi connectivity index (χ4n) is 4.21. The maximum absolute atomic E-state index is 12.5. The number of piperazine rings is 1. The molecule has 2 aromatic rings. The molecule has 8 nitrogen and oxygen atoms in total. The topological polar surface area (TPSA) is 87.7 Å². The maximum atomic E-state index is 12.5. The van der Waals surface area contributed by atoms with Gasteiger partial charge in [0.05, 0.1) is 0 Å². The van der Waals surface area contributed by atoms with E-state index in [0.717, 1.165) is 26.2 Å². The molecule has 1 saturated carbocycles. The Balaban J connectivity index is 1.17. The molecule has 166 valence electrons. The zero-order valence-electron chi connectivity index (χ0n) is 17.7. The highest BCUT2D eigenvalue weighted by Gasteiger charge is 2.27. The third-order valence-corrected chi connectivity index (χ3v) is 6.80. The monoisotopic (exact) mass is 443 g/mol. The summed E-state index contributed by atoms with van der Waals surface area (Å²) in [5.74, 6) is -0.295. The summed E-state index contributed by atoms with van der Waals surface area (Å²) in [5.41, 5.74) is 0.703. The van der Waals surface area contributed by atoms with Crippen molar-refractivity contribution in [2.45, 2.75) is 44.8 Å². The molecule has 2 amide bonds. The number of aromatic nitrogens is 2. The van der Waals surface area contributed by atoms with Gasteiger partial charge in [-0.15, -0.1) is 10.2 Å². The summed E-state index contributed by atoms with van der Waals surface area (Å²) < 4.78 is 5.56. The minimum Gasteiger partial charge on any atom is -0.364 e. The molecule has 2 fully saturated rings. The van der Waals surface area contributed by atoms with Crippen molar-refractivity contribution in [1.82, 2.24) is 20.0 Å². The van der Waals surface area contributed by atoms with E-state index in [4.69, 9.17) is 4.74 Å². The van der Waals surface area contributed by atoms with E-state index < -0.39 is 0 Å². The number of hydrogen-bond donors (Lipinski definition) is 1. The largest absolute Gasteiger partial charge is 0.364 e. The first-order valence-electron chi connectivity index (χ1n) is 11.0.